The van der Waals surface area contributed by atoms with Crippen LogP contribution in [0.1, 0.15) is 13.3 Å². The third-order valence-corrected chi connectivity index (χ3v) is 6.71. The predicted octanol–water partition coefficient (Wildman–Crippen LogP) is 2.32. The van der Waals surface area contributed by atoms with Gasteiger partial charge in [0, 0.05) is 27.6 Å². The standard InChI is InChI=1S/C11H14Br2N2O2S/c1-7-10(14)4-5-15(7)18(16,17)11-6-8(12)2-3-9(11)13/h2-3,6-7,10H,4-5,14H2,1H3. The minimum atomic E-state index is -3.50. The Morgan fingerprint density at radius 2 is 2.06 bits per heavy atom. The molecule has 2 N–H and O–H groups in total. The van der Waals surface area contributed by atoms with Crippen molar-refractivity contribution in [2.24, 2.45) is 5.73 Å². The van der Waals surface area contributed by atoms with E-state index in [2.05, 4.69) is 31.9 Å². The van der Waals surface area contributed by atoms with E-state index in [-0.39, 0.29) is 17.0 Å². The van der Waals surface area contributed by atoms with Crippen molar-refractivity contribution >= 4 is 41.9 Å². The SMILES string of the molecule is CC1C(N)CCN1S(=O)(=O)c1cc(Br)ccc1Br. The summed E-state index contributed by atoms with van der Waals surface area (Å²) in [5.41, 5.74) is 5.88. The third kappa shape index (κ3) is 2.51. The van der Waals surface area contributed by atoms with Crippen LogP contribution in [0.2, 0.25) is 0 Å². The number of nitrogens with zero attached hydrogens (tertiary/aromatic N) is 1. The Morgan fingerprint density at radius 1 is 1.39 bits per heavy atom. The summed E-state index contributed by atoms with van der Waals surface area (Å²) >= 11 is 6.59. The summed E-state index contributed by atoms with van der Waals surface area (Å²) in [6, 6.07) is 4.86. The van der Waals surface area contributed by atoms with Crippen LogP contribution < -0.4 is 5.73 Å². The summed E-state index contributed by atoms with van der Waals surface area (Å²) in [5.74, 6) is 0. The molecule has 0 spiro atoms. The van der Waals surface area contributed by atoms with E-state index in [1.807, 2.05) is 6.92 Å². The lowest BCUT2D eigenvalue weighted by atomic mass is 10.2. The number of nitrogens with two attached hydrogens (primary N) is 1. The van der Waals surface area contributed by atoms with Gasteiger partial charge in [0.2, 0.25) is 10.0 Å². The second kappa shape index (κ2) is 5.20. The molecule has 0 radical (unpaired) electrons. The molecule has 1 aromatic carbocycles. The van der Waals surface area contributed by atoms with E-state index < -0.39 is 10.0 Å². The lowest BCUT2D eigenvalue weighted by Crippen LogP contribution is -2.40. The molecule has 18 heavy (non-hydrogen) atoms. The van der Waals surface area contributed by atoms with E-state index in [1.165, 1.54) is 4.31 Å². The second-order valence-corrected chi connectivity index (χ2v) is 8.01. The van der Waals surface area contributed by atoms with Crippen LogP contribution in [0.15, 0.2) is 32.0 Å². The minimum Gasteiger partial charge on any atom is -0.326 e. The fraction of sp³-hybridized carbons (Fsp3) is 0.455. The van der Waals surface area contributed by atoms with Crippen molar-refractivity contribution < 1.29 is 8.42 Å². The average molecular weight is 398 g/mol. The molecule has 0 amide bonds. The third-order valence-electron chi connectivity index (χ3n) is 3.24. The highest BCUT2D eigenvalue weighted by Crippen LogP contribution is 2.31. The van der Waals surface area contributed by atoms with Crippen molar-refractivity contribution in [3.63, 3.8) is 0 Å². The van der Waals surface area contributed by atoms with Crippen LogP contribution in [0, 0.1) is 0 Å². The van der Waals surface area contributed by atoms with E-state index >= 15 is 0 Å². The molecule has 100 valence electrons. The first-order valence-electron chi connectivity index (χ1n) is 5.56. The maximum Gasteiger partial charge on any atom is 0.244 e. The van der Waals surface area contributed by atoms with Crippen LogP contribution in [0.25, 0.3) is 0 Å². The molecule has 1 aliphatic heterocycles. The van der Waals surface area contributed by atoms with Gasteiger partial charge in [0.25, 0.3) is 0 Å². The summed E-state index contributed by atoms with van der Waals surface area (Å²) in [5, 5.41) is 0. The lowest BCUT2D eigenvalue weighted by molar-refractivity contribution is 0.393. The number of hydrogen-bond donors (Lipinski definition) is 1. The topological polar surface area (TPSA) is 63.4 Å². The molecule has 0 aromatic heterocycles. The Hall–Kier alpha value is 0.0500. The molecule has 4 nitrogen and oxygen atoms in total. The summed E-state index contributed by atoms with van der Waals surface area (Å²) in [4.78, 5) is 0.276. The molecule has 1 saturated heterocycles. The maximum absolute atomic E-state index is 12.6. The summed E-state index contributed by atoms with van der Waals surface area (Å²) < 4.78 is 27.9. The van der Waals surface area contributed by atoms with Gasteiger partial charge in [-0.3, -0.25) is 0 Å². The Morgan fingerprint density at radius 3 is 2.61 bits per heavy atom. The van der Waals surface area contributed by atoms with Crippen molar-refractivity contribution in [1.29, 1.82) is 0 Å². The van der Waals surface area contributed by atoms with Gasteiger partial charge in [-0.05, 0) is 47.5 Å². The van der Waals surface area contributed by atoms with E-state index in [9.17, 15) is 8.42 Å². The molecule has 0 bridgehead atoms. The summed E-state index contributed by atoms with van der Waals surface area (Å²) in [6.45, 7) is 2.32. The molecule has 0 aliphatic carbocycles. The molecule has 1 heterocycles. The minimum absolute atomic E-state index is 0.0919. The Bertz CT molecular complexity index is 562. The number of rotatable bonds is 2. The average Bonchev–Trinajstić information content (AvgIpc) is 2.63. The summed E-state index contributed by atoms with van der Waals surface area (Å²) in [6.07, 6.45) is 0.700. The molecular formula is C11H14Br2N2O2S. The van der Waals surface area contributed by atoms with E-state index in [1.54, 1.807) is 18.2 Å². The highest BCUT2D eigenvalue weighted by Gasteiger charge is 2.38. The van der Waals surface area contributed by atoms with Gasteiger partial charge >= 0.3 is 0 Å². The fourth-order valence-electron chi connectivity index (χ4n) is 2.07. The van der Waals surface area contributed by atoms with Crippen LogP contribution in [0.5, 0.6) is 0 Å². The Balaban J connectivity index is 2.46. The number of sulfonamides is 1. The van der Waals surface area contributed by atoms with E-state index in [0.29, 0.717) is 17.4 Å². The largest absolute Gasteiger partial charge is 0.326 e. The van der Waals surface area contributed by atoms with Gasteiger partial charge in [0.1, 0.15) is 0 Å². The number of benzene rings is 1. The highest BCUT2D eigenvalue weighted by atomic mass is 79.9. The quantitative estimate of drug-likeness (QED) is 0.832. The highest BCUT2D eigenvalue weighted by molar-refractivity contribution is 9.11. The lowest BCUT2D eigenvalue weighted by Gasteiger charge is -2.23. The van der Waals surface area contributed by atoms with Gasteiger partial charge in [-0.1, -0.05) is 15.9 Å². The number of hydrogen-bond acceptors (Lipinski definition) is 3. The maximum atomic E-state index is 12.6. The van der Waals surface area contributed by atoms with Gasteiger partial charge < -0.3 is 5.73 Å². The van der Waals surface area contributed by atoms with Crippen LogP contribution in [0.4, 0.5) is 0 Å². The van der Waals surface area contributed by atoms with Crippen LogP contribution >= 0.6 is 31.9 Å². The van der Waals surface area contributed by atoms with Crippen LogP contribution in [0.3, 0.4) is 0 Å². The molecule has 0 saturated carbocycles. The first-order valence-corrected chi connectivity index (χ1v) is 8.59. The van der Waals surface area contributed by atoms with Gasteiger partial charge in [-0.2, -0.15) is 4.31 Å². The van der Waals surface area contributed by atoms with Crippen molar-refractivity contribution in [2.75, 3.05) is 6.54 Å². The van der Waals surface area contributed by atoms with Gasteiger partial charge in [-0.25, -0.2) is 8.42 Å². The molecular weight excluding hydrogens is 384 g/mol. The zero-order valence-electron chi connectivity index (χ0n) is 9.81. The molecule has 2 rings (SSSR count). The predicted molar refractivity (Wildman–Crippen MR) is 77.8 cm³/mol. The zero-order valence-corrected chi connectivity index (χ0v) is 13.8. The van der Waals surface area contributed by atoms with E-state index in [0.717, 1.165) is 4.47 Å². The second-order valence-electron chi connectivity index (χ2n) is 4.38. The van der Waals surface area contributed by atoms with Gasteiger partial charge in [0.05, 0.1) is 4.90 Å². The zero-order chi connectivity index (χ0) is 13.5. The van der Waals surface area contributed by atoms with Gasteiger partial charge in [0.15, 0.2) is 0 Å². The molecule has 2 unspecified atom stereocenters. The van der Waals surface area contributed by atoms with Crippen LogP contribution in [-0.2, 0) is 10.0 Å². The molecule has 1 aliphatic rings. The van der Waals surface area contributed by atoms with Crippen molar-refractivity contribution in [3.05, 3.63) is 27.1 Å². The molecule has 1 fully saturated rings. The monoisotopic (exact) mass is 396 g/mol. The van der Waals surface area contributed by atoms with Crippen LogP contribution in [-0.4, -0.2) is 31.4 Å². The first-order chi connectivity index (χ1) is 8.34. The Labute approximate surface area is 124 Å². The van der Waals surface area contributed by atoms with Crippen molar-refractivity contribution in [3.8, 4) is 0 Å². The number of halogens is 2. The smallest absolute Gasteiger partial charge is 0.244 e. The van der Waals surface area contributed by atoms with Crippen molar-refractivity contribution in [2.45, 2.75) is 30.3 Å². The molecule has 1 aromatic rings. The fourth-order valence-corrected chi connectivity index (χ4v) is 5.23. The molecule has 2 atom stereocenters. The van der Waals surface area contributed by atoms with Gasteiger partial charge in [-0.15, -0.1) is 0 Å². The Kier molecular flexibility index (Phi) is 4.18. The van der Waals surface area contributed by atoms with E-state index in [4.69, 9.17) is 5.73 Å². The van der Waals surface area contributed by atoms with Crippen molar-refractivity contribution in [1.82, 2.24) is 4.31 Å². The first kappa shape index (κ1) is 14.5. The summed E-state index contributed by atoms with van der Waals surface area (Å²) in [7, 11) is -3.50. The normalized spacial score (nSPS) is 25.6. The molecule has 7 heteroatoms.